The zero-order valence-corrected chi connectivity index (χ0v) is 7.71. The van der Waals surface area contributed by atoms with Crippen molar-refractivity contribution >= 4 is 23.2 Å². The maximum atomic E-state index is 12.2. The summed E-state index contributed by atoms with van der Waals surface area (Å²) in [6, 6.07) is 0. The molecule has 1 unspecified atom stereocenters. The van der Waals surface area contributed by atoms with Crippen LogP contribution in [0.2, 0.25) is 0 Å². The number of alkyl halides is 4. The van der Waals surface area contributed by atoms with Crippen LogP contribution < -0.4 is 5.73 Å². The lowest BCUT2D eigenvalue weighted by Gasteiger charge is -2.20. The second kappa shape index (κ2) is 3.42. The molecule has 1 aliphatic carbocycles. The van der Waals surface area contributed by atoms with Gasteiger partial charge in [0.25, 0.3) is 0 Å². The summed E-state index contributed by atoms with van der Waals surface area (Å²) >= 11 is 10.9. The summed E-state index contributed by atoms with van der Waals surface area (Å²) in [7, 11) is 0. The average Bonchev–Trinajstić information content (AvgIpc) is 1.94. The summed E-state index contributed by atoms with van der Waals surface area (Å²) in [6.45, 7) is 0. The molecule has 0 fully saturated rings. The molecule has 1 nitrogen and oxygen atoms in total. The van der Waals surface area contributed by atoms with Crippen molar-refractivity contribution < 1.29 is 13.2 Å². The van der Waals surface area contributed by atoms with E-state index in [1.165, 1.54) is 6.42 Å². The SMILES string of the molecule is NC1=C(C(F)(F)F)C=C(Cl)[CH]C1Cl. The topological polar surface area (TPSA) is 26.0 Å². The minimum absolute atomic E-state index is 0.0541. The predicted octanol–water partition coefficient (Wildman–Crippen LogP) is 2.71. The van der Waals surface area contributed by atoms with E-state index in [0.29, 0.717) is 0 Å². The van der Waals surface area contributed by atoms with Crippen LogP contribution >= 0.6 is 23.2 Å². The first-order valence-corrected chi connectivity index (χ1v) is 4.07. The zero-order chi connectivity index (χ0) is 10.2. The standard InChI is InChI=1S/C7H5Cl2F3N/c8-3-1-4(7(10,11)12)6(13)5(9)2-3/h1-2,5H,13H2. The Bertz CT molecular complexity index is 280. The van der Waals surface area contributed by atoms with Crippen LogP contribution in [0.3, 0.4) is 0 Å². The van der Waals surface area contributed by atoms with Crippen molar-refractivity contribution in [1.29, 1.82) is 0 Å². The van der Waals surface area contributed by atoms with Crippen LogP contribution in [0.5, 0.6) is 0 Å². The van der Waals surface area contributed by atoms with Crippen LogP contribution in [0.25, 0.3) is 0 Å². The van der Waals surface area contributed by atoms with Gasteiger partial charge < -0.3 is 5.73 Å². The molecule has 0 saturated heterocycles. The Labute approximate surface area is 83.0 Å². The Morgan fingerprint density at radius 1 is 1.38 bits per heavy atom. The monoisotopic (exact) mass is 230 g/mol. The third-order valence-electron chi connectivity index (χ3n) is 1.50. The molecule has 0 aromatic heterocycles. The lowest BCUT2D eigenvalue weighted by Crippen LogP contribution is -2.25. The number of allylic oxidation sites excluding steroid dienone is 4. The van der Waals surface area contributed by atoms with Crippen molar-refractivity contribution in [3.63, 3.8) is 0 Å². The molecular formula is C7H5Cl2F3N. The first-order valence-electron chi connectivity index (χ1n) is 3.25. The van der Waals surface area contributed by atoms with Crippen LogP contribution in [0.1, 0.15) is 0 Å². The average molecular weight is 231 g/mol. The van der Waals surface area contributed by atoms with Gasteiger partial charge in [0.15, 0.2) is 0 Å². The van der Waals surface area contributed by atoms with Crippen molar-refractivity contribution in [2.24, 2.45) is 5.73 Å². The van der Waals surface area contributed by atoms with E-state index in [1.54, 1.807) is 0 Å². The fraction of sp³-hybridized carbons (Fsp3) is 0.286. The first kappa shape index (κ1) is 10.7. The van der Waals surface area contributed by atoms with Gasteiger partial charge in [0.2, 0.25) is 0 Å². The predicted molar refractivity (Wildman–Crippen MR) is 45.1 cm³/mol. The van der Waals surface area contributed by atoms with Gasteiger partial charge in [-0.15, -0.1) is 11.6 Å². The first-order chi connectivity index (χ1) is 5.82. The van der Waals surface area contributed by atoms with Crippen molar-refractivity contribution in [3.05, 3.63) is 28.8 Å². The lowest BCUT2D eigenvalue weighted by molar-refractivity contribution is -0.0892. The summed E-state index contributed by atoms with van der Waals surface area (Å²) in [5, 5.41) is -1.05. The summed E-state index contributed by atoms with van der Waals surface area (Å²) < 4.78 is 36.7. The van der Waals surface area contributed by atoms with Crippen molar-refractivity contribution in [2.45, 2.75) is 11.6 Å². The summed E-state index contributed by atoms with van der Waals surface area (Å²) in [5.41, 5.74) is 3.77. The van der Waals surface area contributed by atoms with E-state index >= 15 is 0 Å². The highest BCUT2D eigenvalue weighted by Gasteiger charge is 2.38. The Morgan fingerprint density at radius 3 is 2.38 bits per heavy atom. The van der Waals surface area contributed by atoms with Gasteiger partial charge in [-0.05, 0) is 6.08 Å². The Balaban J connectivity index is 3.12. The van der Waals surface area contributed by atoms with E-state index in [2.05, 4.69) is 0 Å². The number of rotatable bonds is 0. The summed E-state index contributed by atoms with van der Waals surface area (Å²) in [6.07, 6.45) is -2.50. The van der Waals surface area contributed by atoms with E-state index in [4.69, 9.17) is 28.9 Å². The lowest BCUT2D eigenvalue weighted by atomic mass is 10.0. The number of nitrogens with two attached hydrogens (primary N) is 1. The van der Waals surface area contributed by atoms with Gasteiger partial charge in [0.1, 0.15) is 0 Å². The molecule has 1 radical (unpaired) electrons. The molecule has 1 aliphatic rings. The molecule has 0 aliphatic heterocycles. The minimum Gasteiger partial charge on any atom is -0.400 e. The highest BCUT2D eigenvalue weighted by atomic mass is 35.5. The fourth-order valence-electron chi connectivity index (χ4n) is 0.893. The van der Waals surface area contributed by atoms with Gasteiger partial charge in [-0.1, -0.05) is 11.6 Å². The number of hydrogen-bond donors (Lipinski definition) is 1. The Kier molecular flexibility index (Phi) is 2.82. The van der Waals surface area contributed by atoms with Crippen molar-refractivity contribution in [1.82, 2.24) is 0 Å². The largest absolute Gasteiger partial charge is 0.418 e. The van der Waals surface area contributed by atoms with Gasteiger partial charge in [0.05, 0.1) is 11.0 Å². The van der Waals surface area contributed by atoms with Crippen LogP contribution in [-0.2, 0) is 0 Å². The van der Waals surface area contributed by atoms with Gasteiger partial charge >= 0.3 is 6.18 Å². The van der Waals surface area contributed by atoms with Gasteiger partial charge in [-0.2, -0.15) is 13.2 Å². The van der Waals surface area contributed by atoms with Gasteiger partial charge in [-0.25, -0.2) is 0 Å². The Hall–Kier alpha value is -0.350. The smallest absolute Gasteiger partial charge is 0.400 e. The van der Waals surface area contributed by atoms with Crippen LogP contribution in [0.15, 0.2) is 22.4 Å². The fourth-order valence-corrected chi connectivity index (χ4v) is 1.45. The summed E-state index contributed by atoms with van der Waals surface area (Å²) in [5.74, 6) is 0. The molecule has 73 valence electrons. The van der Waals surface area contributed by atoms with Crippen molar-refractivity contribution in [2.75, 3.05) is 0 Å². The molecule has 2 N–H and O–H groups in total. The highest BCUT2D eigenvalue weighted by Crippen LogP contribution is 2.36. The second-order valence-corrected chi connectivity index (χ2v) is 3.37. The third kappa shape index (κ3) is 2.31. The zero-order valence-electron chi connectivity index (χ0n) is 6.20. The molecule has 0 heterocycles. The molecular weight excluding hydrogens is 226 g/mol. The third-order valence-corrected chi connectivity index (χ3v) is 2.10. The Morgan fingerprint density at radius 2 is 1.92 bits per heavy atom. The maximum absolute atomic E-state index is 12.2. The normalized spacial score (nSPS) is 24.7. The van der Waals surface area contributed by atoms with E-state index in [9.17, 15) is 13.2 Å². The molecule has 1 atom stereocenters. The molecule has 13 heavy (non-hydrogen) atoms. The van der Waals surface area contributed by atoms with Crippen molar-refractivity contribution in [3.8, 4) is 0 Å². The van der Waals surface area contributed by atoms with E-state index in [0.717, 1.165) is 6.08 Å². The molecule has 0 amide bonds. The molecule has 1 rings (SSSR count). The van der Waals surface area contributed by atoms with Crippen LogP contribution in [0, 0.1) is 6.42 Å². The number of hydrogen-bond acceptors (Lipinski definition) is 1. The summed E-state index contributed by atoms with van der Waals surface area (Å²) in [4.78, 5) is 0. The second-order valence-electron chi connectivity index (χ2n) is 2.46. The van der Waals surface area contributed by atoms with Crippen LogP contribution in [0.4, 0.5) is 13.2 Å². The van der Waals surface area contributed by atoms with E-state index in [-0.39, 0.29) is 5.03 Å². The molecule has 0 aromatic rings. The quantitative estimate of drug-likeness (QED) is 0.637. The molecule has 0 spiro atoms. The molecule has 0 aromatic carbocycles. The van der Waals surface area contributed by atoms with Crippen LogP contribution in [-0.4, -0.2) is 11.6 Å². The molecule has 6 heteroatoms. The number of halogens is 5. The van der Waals surface area contributed by atoms with E-state index < -0.39 is 22.8 Å². The maximum Gasteiger partial charge on any atom is 0.418 e. The highest BCUT2D eigenvalue weighted by molar-refractivity contribution is 6.33. The van der Waals surface area contributed by atoms with Gasteiger partial charge in [0, 0.05) is 17.2 Å². The molecule has 0 saturated carbocycles. The van der Waals surface area contributed by atoms with Gasteiger partial charge in [-0.3, -0.25) is 0 Å². The minimum atomic E-state index is -4.51. The molecule has 0 bridgehead atoms. The van der Waals surface area contributed by atoms with E-state index in [1.807, 2.05) is 0 Å².